The van der Waals surface area contributed by atoms with Crippen molar-refractivity contribution in [3.8, 4) is 11.4 Å². The van der Waals surface area contributed by atoms with Crippen molar-refractivity contribution in [2.45, 2.75) is 12.5 Å². The van der Waals surface area contributed by atoms with Crippen LogP contribution in [0.3, 0.4) is 0 Å². The average Bonchev–Trinajstić information content (AvgIpc) is 3.43. The van der Waals surface area contributed by atoms with Gasteiger partial charge in [-0.3, -0.25) is 9.38 Å². The van der Waals surface area contributed by atoms with E-state index in [-0.39, 0.29) is 0 Å². The first-order valence-electron chi connectivity index (χ1n) is 8.62. The van der Waals surface area contributed by atoms with E-state index in [9.17, 15) is 0 Å². The highest BCUT2D eigenvalue weighted by atomic mass is 15.3. The second kappa shape index (κ2) is 6.14. The number of H-pyrrole nitrogens is 1. The summed E-state index contributed by atoms with van der Waals surface area (Å²) in [6, 6.07) is 6.21. The largest absolute Gasteiger partial charge is 0.365 e. The summed E-state index contributed by atoms with van der Waals surface area (Å²) in [5.74, 6) is 1.72. The smallest absolute Gasteiger partial charge is 0.225 e. The summed E-state index contributed by atoms with van der Waals surface area (Å²) in [7, 11) is 0. The van der Waals surface area contributed by atoms with Gasteiger partial charge in [-0.15, -0.1) is 0 Å². The molecule has 0 aromatic carbocycles. The molecule has 1 fully saturated rings. The molecule has 8 heteroatoms. The van der Waals surface area contributed by atoms with Crippen LogP contribution in [0, 0.1) is 0 Å². The zero-order valence-electron chi connectivity index (χ0n) is 14.1. The molecule has 1 atom stereocenters. The standard InChI is InChI=1S/C18H18N8/c1-2-14(20-5-1)15-3-6-22-18(24-15)25-8-4-13(12-25)23-17-11-19-10-16-21-7-9-26(16)17/h1-3,5-7,9-11,13,20,23H,4,8,12H2. The van der Waals surface area contributed by atoms with Gasteiger partial charge in [-0.05, 0) is 24.6 Å². The van der Waals surface area contributed by atoms with Gasteiger partial charge in [-0.1, -0.05) is 0 Å². The van der Waals surface area contributed by atoms with Crippen molar-refractivity contribution in [3.63, 3.8) is 0 Å². The summed E-state index contributed by atoms with van der Waals surface area (Å²) >= 11 is 0. The van der Waals surface area contributed by atoms with Crippen LogP contribution in [0.4, 0.5) is 11.8 Å². The molecule has 26 heavy (non-hydrogen) atoms. The highest BCUT2D eigenvalue weighted by Crippen LogP contribution is 2.22. The molecule has 0 saturated carbocycles. The molecule has 1 aliphatic heterocycles. The fraction of sp³-hybridized carbons (Fsp3) is 0.222. The number of nitrogens with one attached hydrogen (secondary N) is 2. The Balaban J connectivity index is 1.33. The maximum atomic E-state index is 4.71. The first-order chi connectivity index (χ1) is 12.9. The number of hydrogen-bond acceptors (Lipinski definition) is 6. The summed E-state index contributed by atoms with van der Waals surface area (Å²) in [4.78, 5) is 23.1. The van der Waals surface area contributed by atoms with Crippen molar-refractivity contribution in [2.75, 3.05) is 23.3 Å². The molecule has 0 radical (unpaired) electrons. The van der Waals surface area contributed by atoms with E-state index >= 15 is 0 Å². The van der Waals surface area contributed by atoms with Crippen molar-refractivity contribution in [3.05, 3.63) is 55.4 Å². The molecule has 4 aromatic heterocycles. The molecule has 5 heterocycles. The number of imidazole rings is 1. The number of nitrogens with zero attached hydrogens (tertiary/aromatic N) is 6. The lowest BCUT2D eigenvalue weighted by molar-refractivity contribution is 0.793. The Hall–Kier alpha value is -3.42. The van der Waals surface area contributed by atoms with Gasteiger partial charge in [-0.2, -0.15) is 0 Å². The predicted octanol–water partition coefficient (Wildman–Crippen LogP) is 2.21. The number of anilines is 2. The third kappa shape index (κ3) is 2.65. The quantitative estimate of drug-likeness (QED) is 0.589. The van der Waals surface area contributed by atoms with E-state index < -0.39 is 0 Å². The third-order valence-electron chi connectivity index (χ3n) is 4.66. The Morgan fingerprint density at radius 3 is 3.08 bits per heavy atom. The average molecular weight is 346 g/mol. The van der Waals surface area contributed by atoms with Gasteiger partial charge in [0.05, 0.1) is 23.8 Å². The van der Waals surface area contributed by atoms with Gasteiger partial charge < -0.3 is 15.2 Å². The van der Waals surface area contributed by atoms with Crippen LogP contribution in [0.25, 0.3) is 17.0 Å². The predicted molar refractivity (Wildman–Crippen MR) is 99.0 cm³/mol. The molecule has 130 valence electrons. The Morgan fingerprint density at radius 1 is 1.15 bits per heavy atom. The minimum absolute atomic E-state index is 0.308. The minimum Gasteiger partial charge on any atom is -0.365 e. The topological polar surface area (TPSA) is 87.0 Å². The molecule has 8 nitrogen and oxygen atoms in total. The number of rotatable bonds is 4. The van der Waals surface area contributed by atoms with Gasteiger partial charge in [0.2, 0.25) is 5.95 Å². The van der Waals surface area contributed by atoms with Crippen molar-refractivity contribution < 1.29 is 0 Å². The van der Waals surface area contributed by atoms with Crippen molar-refractivity contribution in [2.24, 2.45) is 0 Å². The maximum Gasteiger partial charge on any atom is 0.225 e. The van der Waals surface area contributed by atoms with E-state index in [0.29, 0.717) is 6.04 Å². The molecule has 5 rings (SSSR count). The normalized spacial score (nSPS) is 17.1. The van der Waals surface area contributed by atoms with E-state index in [1.54, 1.807) is 12.4 Å². The second-order valence-corrected chi connectivity index (χ2v) is 6.35. The molecule has 0 aliphatic carbocycles. The second-order valence-electron chi connectivity index (χ2n) is 6.35. The van der Waals surface area contributed by atoms with Gasteiger partial charge in [0.25, 0.3) is 0 Å². The zero-order chi connectivity index (χ0) is 17.3. The lowest BCUT2D eigenvalue weighted by Crippen LogP contribution is -2.28. The van der Waals surface area contributed by atoms with Gasteiger partial charge in [-0.25, -0.2) is 15.0 Å². The summed E-state index contributed by atoms with van der Waals surface area (Å²) in [5, 5.41) is 3.57. The van der Waals surface area contributed by atoms with Crippen molar-refractivity contribution in [1.82, 2.24) is 29.3 Å². The van der Waals surface area contributed by atoms with E-state index in [2.05, 4.69) is 30.2 Å². The molecule has 0 amide bonds. The van der Waals surface area contributed by atoms with Crippen molar-refractivity contribution >= 4 is 17.4 Å². The summed E-state index contributed by atoms with van der Waals surface area (Å²) in [6.07, 6.45) is 12.0. The lowest BCUT2D eigenvalue weighted by Gasteiger charge is -2.18. The Labute approximate surface area is 150 Å². The molecular formula is C18H18N8. The molecule has 4 aromatic rings. The number of fused-ring (bicyclic) bond motifs is 1. The van der Waals surface area contributed by atoms with Gasteiger partial charge in [0.15, 0.2) is 5.65 Å². The first kappa shape index (κ1) is 14.9. The molecular weight excluding hydrogens is 328 g/mol. The molecule has 1 aliphatic rings. The summed E-state index contributed by atoms with van der Waals surface area (Å²) < 4.78 is 2.01. The Morgan fingerprint density at radius 2 is 2.15 bits per heavy atom. The highest BCUT2D eigenvalue weighted by Gasteiger charge is 2.25. The fourth-order valence-electron chi connectivity index (χ4n) is 3.37. The van der Waals surface area contributed by atoms with Crippen LogP contribution in [0.15, 0.2) is 55.4 Å². The van der Waals surface area contributed by atoms with E-state index in [1.165, 1.54) is 0 Å². The van der Waals surface area contributed by atoms with Crippen LogP contribution in [0.5, 0.6) is 0 Å². The van der Waals surface area contributed by atoms with Crippen LogP contribution >= 0.6 is 0 Å². The van der Waals surface area contributed by atoms with Crippen LogP contribution in [-0.2, 0) is 0 Å². The number of aromatic amines is 1. The van der Waals surface area contributed by atoms with Crippen molar-refractivity contribution in [1.29, 1.82) is 0 Å². The number of aromatic nitrogens is 6. The monoisotopic (exact) mass is 346 g/mol. The van der Waals surface area contributed by atoms with E-state index in [4.69, 9.17) is 4.98 Å². The molecule has 0 spiro atoms. The van der Waals surface area contributed by atoms with E-state index in [0.717, 1.165) is 48.3 Å². The number of hydrogen-bond donors (Lipinski definition) is 2. The molecule has 2 N–H and O–H groups in total. The van der Waals surface area contributed by atoms with E-state index in [1.807, 2.05) is 47.4 Å². The Bertz CT molecular complexity index is 1020. The summed E-state index contributed by atoms with van der Waals surface area (Å²) in [6.45, 7) is 1.76. The third-order valence-corrected chi connectivity index (χ3v) is 4.66. The maximum absolute atomic E-state index is 4.71. The van der Waals surface area contributed by atoms with Gasteiger partial charge in [0.1, 0.15) is 5.82 Å². The highest BCUT2D eigenvalue weighted by molar-refractivity contribution is 5.56. The van der Waals surface area contributed by atoms with Crippen LogP contribution in [0.1, 0.15) is 6.42 Å². The van der Waals surface area contributed by atoms with Crippen LogP contribution < -0.4 is 10.2 Å². The summed E-state index contributed by atoms with van der Waals surface area (Å²) in [5.41, 5.74) is 2.75. The van der Waals surface area contributed by atoms with Crippen LogP contribution in [0.2, 0.25) is 0 Å². The first-order valence-corrected chi connectivity index (χ1v) is 8.62. The molecule has 1 saturated heterocycles. The van der Waals surface area contributed by atoms with Gasteiger partial charge in [0, 0.05) is 43.9 Å². The Kier molecular flexibility index (Phi) is 3.52. The molecule has 0 bridgehead atoms. The lowest BCUT2D eigenvalue weighted by atomic mass is 10.2. The van der Waals surface area contributed by atoms with Crippen LogP contribution in [-0.4, -0.2) is 48.5 Å². The zero-order valence-corrected chi connectivity index (χ0v) is 14.1. The SMILES string of the molecule is c1c[nH]c(-c2ccnc(N3CCC(Nc4cncc5nccn45)C3)n2)c1. The minimum atomic E-state index is 0.308. The van der Waals surface area contributed by atoms with Gasteiger partial charge >= 0.3 is 0 Å². The molecule has 1 unspecified atom stereocenters. The fourth-order valence-corrected chi connectivity index (χ4v) is 3.37.